The lowest BCUT2D eigenvalue weighted by Gasteiger charge is -2.03. The summed E-state index contributed by atoms with van der Waals surface area (Å²) in [4.78, 5) is 1.98. The molecule has 19 heavy (non-hydrogen) atoms. The van der Waals surface area contributed by atoms with Gasteiger partial charge in [0.1, 0.15) is 0 Å². The van der Waals surface area contributed by atoms with Gasteiger partial charge in [0.25, 0.3) is 0 Å². The van der Waals surface area contributed by atoms with E-state index in [0.717, 1.165) is 33.8 Å². The minimum Gasteiger partial charge on any atom is -0.399 e. The van der Waals surface area contributed by atoms with Crippen LogP contribution in [0, 0.1) is 0 Å². The number of nitrogens with two attached hydrogens (primary N) is 1. The molecule has 0 saturated carbocycles. The van der Waals surface area contributed by atoms with Gasteiger partial charge in [-0.15, -0.1) is 10.2 Å². The van der Waals surface area contributed by atoms with Crippen LogP contribution < -0.4 is 10.6 Å². The summed E-state index contributed by atoms with van der Waals surface area (Å²) in [5, 5.41) is 9.24. The van der Waals surface area contributed by atoms with Crippen LogP contribution in [0.3, 0.4) is 0 Å². The number of thioether (sulfide) groups is 1. The van der Waals surface area contributed by atoms with Crippen molar-refractivity contribution >= 4 is 33.9 Å². The van der Waals surface area contributed by atoms with Crippen LogP contribution in [0.1, 0.15) is 12.0 Å². The molecule has 0 amide bonds. The summed E-state index contributed by atoms with van der Waals surface area (Å²) in [5.74, 6) is 1.05. The van der Waals surface area contributed by atoms with Crippen molar-refractivity contribution in [2.75, 3.05) is 30.5 Å². The van der Waals surface area contributed by atoms with Crippen LogP contribution in [0.4, 0.5) is 10.8 Å². The zero-order valence-electron chi connectivity index (χ0n) is 11.2. The Balaban J connectivity index is 1.74. The molecule has 0 radical (unpaired) electrons. The number of rotatable bonds is 6. The standard InChI is InChI=1S/C13H18N4S2/c1-17(2)12-15-16-13(19-12)18-8-4-6-10-5-3-7-11(14)9-10/h3,5,7,9H,4,6,8,14H2,1-2H3. The van der Waals surface area contributed by atoms with Crippen LogP contribution in [-0.2, 0) is 6.42 Å². The molecular weight excluding hydrogens is 276 g/mol. The van der Waals surface area contributed by atoms with Gasteiger partial charge in [0.15, 0.2) is 4.34 Å². The molecular formula is C13H18N4S2. The molecule has 1 heterocycles. The van der Waals surface area contributed by atoms with E-state index >= 15 is 0 Å². The van der Waals surface area contributed by atoms with E-state index < -0.39 is 0 Å². The van der Waals surface area contributed by atoms with Gasteiger partial charge in [-0.2, -0.15) is 0 Å². The van der Waals surface area contributed by atoms with Gasteiger partial charge in [0, 0.05) is 25.5 Å². The molecule has 102 valence electrons. The van der Waals surface area contributed by atoms with E-state index in [-0.39, 0.29) is 0 Å². The van der Waals surface area contributed by atoms with Crippen molar-refractivity contribution in [3.05, 3.63) is 29.8 Å². The molecule has 0 aliphatic rings. The molecule has 1 aromatic heterocycles. The average Bonchev–Trinajstić information content (AvgIpc) is 2.84. The molecule has 0 fully saturated rings. The Morgan fingerprint density at radius 3 is 2.84 bits per heavy atom. The Morgan fingerprint density at radius 1 is 1.32 bits per heavy atom. The molecule has 0 saturated heterocycles. The number of hydrogen-bond acceptors (Lipinski definition) is 6. The van der Waals surface area contributed by atoms with E-state index in [1.54, 1.807) is 23.1 Å². The van der Waals surface area contributed by atoms with Crippen LogP contribution in [0.15, 0.2) is 28.6 Å². The van der Waals surface area contributed by atoms with Gasteiger partial charge in [-0.1, -0.05) is 35.2 Å². The first-order chi connectivity index (χ1) is 9.15. The predicted molar refractivity (Wildman–Crippen MR) is 84.1 cm³/mol. The molecule has 0 atom stereocenters. The first-order valence-electron chi connectivity index (χ1n) is 6.13. The van der Waals surface area contributed by atoms with Crippen molar-refractivity contribution in [3.8, 4) is 0 Å². The van der Waals surface area contributed by atoms with E-state index in [9.17, 15) is 0 Å². The van der Waals surface area contributed by atoms with E-state index in [2.05, 4.69) is 16.3 Å². The molecule has 2 aromatic rings. The van der Waals surface area contributed by atoms with Crippen molar-refractivity contribution in [3.63, 3.8) is 0 Å². The number of aryl methyl sites for hydroxylation is 1. The Bertz CT molecular complexity index is 525. The van der Waals surface area contributed by atoms with E-state index in [0.29, 0.717) is 0 Å². The zero-order valence-corrected chi connectivity index (χ0v) is 12.8. The summed E-state index contributed by atoms with van der Waals surface area (Å²) in [7, 11) is 3.96. The van der Waals surface area contributed by atoms with Gasteiger partial charge in [0.05, 0.1) is 0 Å². The number of hydrogen-bond donors (Lipinski definition) is 1. The SMILES string of the molecule is CN(C)c1nnc(SCCCc2cccc(N)c2)s1. The first-order valence-corrected chi connectivity index (χ1v) is 7.93. The first kappa shape index (κ1) is 14.1. The molecule has 0 bridgehead atoms. The summed E-state index contributed by atoms with van der Waals surface area (Å²) < 4.78 is 1.04. The number of nitrogens with zero attached hydrogens (tertiary/aromatic N) is 3. The van der Waals surface area contributed by atoms with Crippen LogP contribution >= 0.6 is 23.1 Å². The van der Waals surface area contributed by atoms with Gasteiger partial charge < -0.3 is 10.6 Å². The molecule has 6 heteroatoms. The van der Waals surface area contributed by atoms with Crippen LogP contribution in [-0.4, -0.2) is 30.0 Å². The normalized spacial score (nSPS) is 10.6. The van der Waals surface area contributed by atoms with Crippen molar-refractivity contribution in [1.29, 1.82) is 0 Å². The summed E-state index contributed by atoms with van der Waals surface area (Å²) in [5.41, 5.74) is 7.89. The molecule has 4 nitrogen and oxygen atoms in total. The Labute approximate surface area is 122 Å². The number of anilines is 2. The summed E-state index contributed by atoms with van der Waals surface area (Å²) in [6, 6.07) is 8.09. The van der Waals surface area contributed by atoms with Gasteiger partial charge in [-0.25, -0.2) is 0 Å². The highest BCUT2D eigenvalue weighted by molar-refractivity contribution is 8.01. The highest BCUT2D eigenvalue weighted by Crippen LogP contribution is 2.27. The second kappa shape index (κ2) is 6.77. The van der Waals surface area contributed by atoms with E-state index in [1.165, 1.54) is 5.56 Å². The van der Waals surface area contributed by atoms with Crippen molar-refractivity contribution in [2.24, 2.45) is 0 Å². The highest BCUT2D eigenvalue weighted by atomic mass is 32.2. The lowest BCUT2D eigenvalue weighted by atomic mass is 10.1. The molecule has 0 spiro atoms. The molecule has 2 N–H and O–H groups in total. The fourth-order valence-corrected chi connectivity index (χ4v) is 3.40. The fraction of sp³-hybridized carbons (Fsp3) is 0.385. The topological polar surface area (TPSA) is 55.0 Å². The van der Waals surface area contributed by atoms with Gasteiger partial charge >= 0.3 is 0 Å². The van der Waals surface area contributed by atoms with E-state index in [4.69, 9.17) is 5.73 Å². The lowest BCUT2D eigenvalue weighted by Crippen LogP contribution is -2.07. The fourth-order valence-electron chi connectivity index (χ4n) is 1.63. The van der Waals surface area contributed by atoms with Gasteiger partial charge in [-0.3, -0.25) is 0 Å². The maximum Gasteiger partial charge on any atom is 0.208 e. The van der Waals surface area contributed by atoms with E-state index in [1.807, 2.05) is 37.2 Å². The van der Waals surface area contributed by atoms with Crippen LogP contribution in [0.25, 0.3) is 0 Å². The van der Waals surface area contributed by atoms with Gasteiger partial charge in [0.2, 0.25) is 5.13 Å². The van der Waals surface area contributed by atoms with Crippen molar-refractivity contribution < 1.29 is 0 Å². The van der Waals surface area contributed by atoms with Crippen molar-refractivity contribution in [1.82, 2.24) is 10.2 Å². The Morgan fingerprint density at radius 2 is 2.16 bits per heavy atom. The summed E-state index contributed by atoms with van der Waals surface area (Å²) in [6.07, 6.45) is 2.17. The third-order valence-electron chi connectivity index (χ3n) is 2.56. The third-order valence-corrected chi connectivity index (χ3v) is 4.88. The maximum absolute atomic E-state index is 5.76. The number of aromatic nitrogens is 2. The highest BCUT2D eigenvalue weighted by Gasteiger charge is 2.05. The number of nitrogen functional groups attached to an aromatic ring is 1. The van der Waals surface area contributed by atoms with Crippen molar-refractivity contribution in [2.45, 2.75) is 17.2 Å². The Kier molecular flexibility index (Phi) is 5.04. The zero-order chi connectivity index (χ0) is 13.7. The predicted octanol–water partition coefficient (Wildman–Crippen LogP) is 2.91. The minimum absolute atomic E-state index is 0.838. The second-order valence-corrected chi connectivity index (χ2v) is 6.74. The average molecular weight is 294 g/mol. The smallest absolute Gasteiger partial charge is 0.208 e. The lowest BCUT2D eigenvalue weighted by molar-refractivity contribution is 0.928. The number of benzene rings is 1. The second-order valence-electron chi connectivity index (χ2n) is 4.44. The summed E-state index contributed by atoms with van der Waals surface area (Å²) in [6.45, 7) is 0. The molecule has 0 unspecified atom stereocenters. The minimum atomic E-state index is 0.838. The molecule has 1 aromatic carbocycles. The van der Waals surface area contributed by atoms with Gasteiger partial charge in [-0.05, 0) is 30.5 Å². The maximum atomic E-state index is 5.76. The van der Waals surface area contributed by atoms with Crippen LogP contribution in [0.5, 0.6) is 0 Å². The molecule has 2 rings (SSSR count). The monoisotopic (exact) mass is 294 g/mol. The molecule has 0 aliphatic carbocycles. The molecule has 0 aliphatic heterocycles. The summed E-state index contributed by atoms with van der Waals surface area (Å²) >= 11 is 3.41. The largest absolute Gasteiger partial charge is 0.399 e. The third kappa shape index (κ3) is 4.40. The quantitative estimate of drug-likeness (QED) is 0.504. The van der Waals surface area contributed by atoms with Crippen LogP contribution in [0.2, 0.25) is 0 Å². The Hall–Kier alpha value is -1.27.